The Bertz CT molecular complexity index is 996. The Labute approximate surface area is 216 Å². The number of benzene rings is 1. The lowest BCUT2D eigenvalue weighted by atomic mass is 9.47. The van der Waals surface area contributed by atoms with E-state index in [1.54, 1.807) is 14.2 Å². The van der Waals surface area contributed by atoms with Gasteiger partial charge in [0.25, 0.3) is 0 Å². The number of hydrogen-bond donors (Lipinski definition) is 0. The molecule has 0 heterocycles. The first-order valence-electron chi connectivity index (χ1n) is 13.4. The molecule has 0 aromatic heterocycles. The highest BCUT2D eigenvalue weighted by Gasteiger charge is 2.53. The molecule has 196 valence electrons. The summed E-state index contributed by atoms with van der Waals surface area (Å²) in [4.78, 5) is 11.7. The summed E-state index contributed by atoms with van der Waals surface area (Å²) in [7, 11) is 3.50. The molecule has 5 rings (SSSR count). The second kappa shape index (κ2) is 11.7. The maximum atomic E-state index is 11.7. The molecule has 1 aromatic rings. The SMILES string of the molecule is CCOC(=O)/C=C(C)/C=C/C=C(\C)c1ccc(OCCOC)c(C23CC4CC(CC(C4)C2)C3)c1OC. The molecule has 4 fully saturated rings. The van der Waals surface area contributed by atoms with E-state index in [-0.39, 0.29) is 11.4 Å². The Morgan fingerprint density at radius 2 is 1.69 bits per heavy atom. The minimum absolute atomic E-state index is 0.133. The molecule has 0 radical (unpaired) electrons. The van der Waals surface area contributed by atoms with Gasteiger partial charge < -0.3 is 18.9 Å². The second-order valence-corrected chi connectivity index (χ2v) is 10.9. The number of methoxy groups -OCH3 is 2. The predicted molar refractivity (Wildman–Crippen MR) is 143 cm³/mol. The van der Waals surface area contributed by atoms with Crippen molar-refractivity contribution in [1.82, 2.24) is 0 Å². The summed E-state index contributed by atoms with van der Waals surface area (Å²) >= 11 is 0. The molecule has 4 bridgehead atoms. The van der Waals surface area contributed by atoms with Crippen molar-refractivity contribution >= 4 is 11.5 Å². The molecule has 4 aliphatic carbocycles. The zero-order valence-corrected chi connectivity index (χ0v) is 22.6. The summed E-state index contributed by atoms with van der Waals surface area (Å²) < 4.78 is 22.8. The van der Waals surface area contributed by atoms with Gasteiger partial charge in [0.1, 0.15) is 18.1 Å². The van der Waals surface area contributed by atoms with Gasteiger partial charge in [-0.25, -0.2) is 4.79 Å². The van der Waals surface area contributed by atoms with Crippen LogP contribution in [-0.4, -0.2) is 40.0 Å². The fourth-order valence-electron chi connectivity index (χ4n) is 7.21. The summed E-state index contributed by atoms with van der Waals surface area (Å²) in [5.41, 5.74) is 4.46. The van der Waals surface area contributed by atoms with E-state index in [1.807, 2.05) is 26.0 Å². The highest BCUT2D eigenvalue weighted by atomic mass is 16.5. The van der Waals surface area contributed by atoms with Crippen LogP contribution in [0.1, 0.15) is 70.4 Å². The fraction of sp³-hybridized carbons (Fsp3) is 0.581. The van der Waals surface area contributed by atoms with E-state index < -0.39 is 0 Å². The maximum Gasteiger partial charge on any atom is 0.330 e. The zero-order valence-electron chi connectivity index (χ0n) is 22.6. The van der Waals surface area contributed by atoms with Crippen molar-refractivity contribution < 1.29 is 23.7 Å². The monoisotopic (exact) mass is 494 g/mol. The summed E-state index contributed by atoms with van der Waals surface area (Å²) in [5, 5.41) is 0. The third-order valence-electron chi connectivity index (χ3n) is 8.20. The van der Waals surface area contributed by atoms with Crippen molar-refractivity contribution in [3.63, 3.8) is 0 Å². The lowest BCUT2D eigenvalue weighted by molar-refractivity contribution is -0.137. The molecular weight excluding hydrogens is 452 g/mol. The van der Waals surface area contributed by atoms with Gasteiger partial charge in [0, 0.05) is 29.7 Å². The normalized spacial score (nSPS) is 27.5. The standard InChI is InChI=1S/C31H42O5/c1-6-35-28(32)14-21(2)8-7-9-22(3)26-10-11-27(36-13-12-33-4)29(30(26)34-5)31-18-23-15-24(19-31)17-25(16-23)20-31/h7-11,14,23-25H,6,12-13,15-20H2,1-5H3/b8-7+,21-14+,22-9+. The van der Waals surface area contributed by atoms with Crippen molar-refractivity contribution in [2.75, 3.05) is 34.0 Å². The number of allylic oxidation sites excluding steroid dienone is 5. The molecule has 0 aliphatic heterocycles. The van der Waals surface area contributed by atoms with Crippen LogP contribution >= 0.6 is 0 Å². The molecule has 0 spiro atoms. The molecule has 0 unspecified atom stereocenters. The number of ether oxygens (including phenoxy) is 4. The minimum Gasteiger partial charge on any atom is -0.496 e. The number of hydrogen-bond acceptors (Lipinski definition) is 5. The Morgan fingerprint density at radius 3 is 2.28 bits per heavy atom. The van der Waals surface area contributed by atoms with Crippen molar-refractivity contribution in [1.29, 1.82) is 0 Å². The number of carbonyl (C=O) groups excluding carboxylic acids is 1. The van der Waals surface area contributed by atoms with Crippen LogP contribution in [0.2, 0.25) is 0 Å². The Hall–Kier alpha value is -2.53. The molecule has 0 saturated heterocycles. The van der Waals surface area contributed by atoms with Gasteiger partial charge in [0.2, 0.25) is 0 Å². The lowest BCUT2D eigenvalue weighted by Crippen LogP contribution is -2.48. The molecule has 0 amide bonds. The van der Waals surface area contributed by atoms with E-state index in [4.69, 9.17) is 18.9 Å². The third-order valence-corrected chi connectivity index (χ3v) is 8.20. The quantitative estimate of drug-likeness (QED) is 0.149. The molecule has 4 saturated carbocycles. The second-order valence-electron chi connectivity index (χ2n) is 10.9. The van der Waals surface area contributed by atoms with Crippen molar-refractivity contribution in [2.24, 2.45) is 17.8 Å². The summed E-state index contributed by atoms with van der Waals surface area (Å²) in [6.45, 7) is 7.29. The van der Waals surface area contributed by atoms with Gasteiger partial charge in [-0.15, -0.1) is 0 Å². The number of rotatable bonds is 11. The van der Waals surface area contributed by atoms with E-state index >= 15 is 0 Å². The smallest absolute Gasteiger partial charge is 0.330 e. The average molecular weight is 495 g/mol. The predicted octanol–water partition coefficient (Wildman–Crippen LogP) is 6.66. The van der Waals surface area contributed by atoms with Gasteiger partial charge in [0.05, 0.1) is 20.3 Å². The molecule has 1 aromatic carbocycles. The van der Waals surface area contributed by atoms with E-state index in [1.165, 1.54) is 50.2 Å². The lowest BCUT2D eigenvalue weighted by Gasteiger charge is -2.57. The van der Waals surface area contributed by atoms with Gasteiger partial charge in [0.15, 0.2) is 0 Å². The Balaban J connectivity index is 1.69. The van der Waals surface area contributed by atoms with Gasteiger partial charge in [-0.2, -0.15) is 0 Å². The van der Waals surface area contributed by atoms with Crippen LogP contribution < -0.4 is 9.47 Å². The highest BCUT2D eigenvalue weighted by molar-refractivity contribution is 5.83. The minimum atomic E-state index is -0.314. The van der Waals surface area contributed by atoms with Gasteiger partial charge in [-0.05, 0) is 100 Å². The fourth-order valence-corrected chi connectivity index (χ4v) is 7.21. The average Bonchev–Trinajstić information content (AvgIpc) is 2.82. The van der Waals surface area contributed by atoms with Gasteiger partial charge >= 0.3 is 5.97 Å². The van der Waals surface area contributed by atoms with Crippen LogP contribution in [0.15, 0.2) is 42.0 Å². The Kier molecular flexibility index (Phi) is 8.61. The number of esters is 1. The van der Waals surface area contributed by atoms with Gasteiger partial charge in [-0.1, -0.05) is 18.2 Å². The molecule has 5 nitrogen and oxygen atoms in total. The van der Waals surface area contributed by atoms with Crippen LogP contribution in [0.4, 0.5) is 0 Å². The summed E-state index contributed by atoms with van der Waals surface area (Å²) in [6.07, 6.45) is 15.4. The zero-order chi connectivity index (χ0) is 25.7. The summed E-state index contributed by atoms with van der Waals surface area (Å²) in [6, 6.07) is 4.25. The van der Waals surface area contributed by atoms with E-state index in [0.29, 0.717) is 19.8 Å². The molecule has 0 N–H and O–H groups in total. The van der Waals surface area contributed by atoms with Gasteiger partial charge in [-0.3, -0.25) is 0 Å². The van der Waals surface area contributed by atoms with Crippen LogP contribution in [-0.2, 0) is 19.7 Å². The van der Waals surface area contributed by atoms with E-state index in [2.05, 4.69) is 25.1 Å². The first-order valence-corrected chi connectivity index (χ1v) is 13.4. The van der Waals surface area contributed by atoms with Crippen LogP contribution in [0.3, 0.4) is 0 Å². The first-order chi connectivity index (χ1) is 17.4. The molecule has 4 aliphatic rings. The first kappa shape index (κ1) is 26.5. The summed E-state index contributed by atoms with van der Waals surface area (Å²) in [5.74, 6) is 4.06. The van der Waals surface area contributed by atoms with E-state index in [9.17, 15) is 4.79 Å². The van der Waals surface area contributed by atoms with Crippen LogP contribution in [0.25, 0.3) is 5.57 Å². The molecule has 0 atom stereocenters. The van der Waals surface area contributed by atoms with E-state index in [0.717, 1.165) is 46.0 Å². The van der Waals surface area contributed by atoms with Crippen molar-refractivity contribution in [2.45, 2.75) is 64.7 Å². The van der Waals surface area contributed by atoms with Crippen molar-refractivity contribution in [3.05, 3.63) is 53.1 Å². The number of carbonyl (C=O) groups is 1. The van der Waals surface area contributed by atoms with Crippen LogP contribution in [0, 0.1) is 17.8 Å². The molecular formula is C31H42O5. The van der Waals surface area contributed by atoms with Crippen LogP contribution in [0.5, 0.6) is 11.5 Å². The largest absolute Gasteiger partial charge is 0.496 e. The maximum absolute atomic E-state index is 11.7. The molecule has 5 heteroatoms. The van der Waals surface area contributed by atoms with Crippen molar-refractivity contribution in [3.8, 4) is 11.5 Å². The highest BCUT2D eigenvalue weighted by Crippen LogP contribution is 2.63. The third kappa shape index (κ3) is 5.72. The Morgan fingerprint density at radius 1 is 1.03 bits per heavy atom. The topological polar surface area (TPSA) is 54.0 Å². The molecule has 36 heavy (non-hydrogen) atoms.